The van der Waals surface area contributed by atoms with Crippen molar-refractivity contribution in [3.05, 3.63) is 120 Å². The summed E-state index contributed by atoms with van der Waals surface area (Å²) < 4.78 is 11.2. The van der Waals surface area contributed by atoms with E-state index in [1.807, 2.05) is 48.5 Å². The first-order chi connectivity index (χ1) is 14.4. The van der Waals surface area contributed by atoms with Crippen LogP contribution >= 0.6 is 0 Å². The minimum Gasteiger partial charge on any atom is -0.458 e. The predicted octanol–water partition coefficient (Wildman–Crippen LogP) is 6.55. The molecule has 0 amide bonds. The van der Waals surface area contributed by atoms with Crippen molar-refractivity contribution in [2.24, 2.45) is 0 Å². The molecule has 0 saturated heterocycles. The van der Waals surface area contributed by atoms with Crippen LogP contribution in [0.15, 0.2) is 109 Å². The lowest BCUT2D eigenvalue weighted by Gasteiger charge is -2.09. The van der Waals surface area contributed by atoms with E-state index in [0.29, 0.717) is 0 Å². The fourth-order valence-corrected chi connectivity index (χ4v) is 3.22. The Kier molecular flexibility index (Phi) is 6.24. The molecule has 0 heterocycles. The van der Waals surface area contributed by atoms with Crippen LogP contribution in [0.3, 0.4) is 0 Å². The Morgan fingerprint density at radius 1 is 0.414 bits per heavy atom. The standard InChI is InChI=1S/C27H24O2/c1-3-7-24(8-4-1)25-17-13-22(14-18-25)11-12-23-15-19-27(20-16-23)29-21-28-26-9-5-2-6-10-26/h1-10,13-20H,11-12,21H2. The van der Waals surface area contributed by atoms with Gasteiger partial charge >= 0.3 is 0 Å². The van der Waals surface area contributed by atoms with Crippen molar-refractivity contribution in [3.8, 4) is 22.6 Å². The van der Waals surface area contributed by atoms with Crippen LogP contribution in [-0.4, -0.2) is 6.79 Å². The van der Waals surface area contributed by atoms with Crippen LogP contribution in [0.2, 0.25) is 0 Å². The molecular formula is C27H24O2. The monoisotopic (exact) mass is 380 g/mol. The first-order valence-electron chi connectivity index (χ1n) is 9.91. The molecule has 2 nitrogen and oxygen atoms in total. The van der Waals surface area contributed by atoms with E-state index in [1.165, 1.54) is 22.3 Å². The quantitative estimate of drug-likeness (QED) is 0.323. The zero-order valence-corrected chi connectivity index (χ0v) is 16.3. The highest BCUT2D eigenvalue weighted by Crippen LogP contribution is 2.20. The molecule has 4 rings (SSSR count). The van der Waals surface area contributed by atoms with Crippen molar-refractivity contribution >= 4 is 0 Å². The summed E-state index contributed by atoms with van der Waals surface area (Å²) in [7, 11) is 0. The van der Waals surface area contributed by atoms with Crippen LogP contribution < -0.4 is 9.47 Å². The average molecular weight is 380 g/mol. The molecule has 4 aromatic rings. The van der Waals surface area contributed by atoms with E-state index in [0.717, 1.165) is 24.3 Å². The van der Waals surface area contributed by atoms with Gasteiger partial charge in [0, 0.05) is 0 Å². The highest BCUT2D eigenvalue weighted by molar-refractivity contribution is 5.63. The Bertz CT molecular complexity index is 992. The van der Waals surface area contributed by atoms with Gasteiger partial charge in [-0.15, -0.1) is 0 Å². The zero-order chi connectivity index (χ0) is 19.7. The van der Waals surface area contributed by atoms with Crippen LogP contribution in [0.5, 0.6) is 11.5 Å². The largest absolute Gasteiger partial charge is 0.458 e. The Morgan fingerprint density at radius 3 is 1.45 bits per heavy atom. The maximum Gasteiger partial charge on any atom is 0.230 e. The Balaban J connectivity index is 1.26. The molecule has 0 saturated carbocycles. The summed E-state index contributed by atoms with van der Waals surface area (Å²) in [5.41, 5.74) is 5.16. The molecule has 0 bridgehead atoms. The third-order valence-electron chi connectivity index (χ3n) is 4.88. The minimum atomic E-state index is 0.205. The van der Waals surface area contributed by atoms with Crippen LogP contribution in [0, 0.1) is 0 Å². The molecule has 0 aliphatic carbocycles. The summed E-state index contributed by atoms with van der Waals surface area (Å²) >= 11 is 0. The Morgan fingerprint density at radius 2 is 0.862 bits per heavy atom. The van der Waals surface area contributed by atoms with Gasteiger partial charge in [0.15, 0.2) is 0 Å². The number of benzene rings is 4. The van der Waals surface area contributed by atoms with Crippen molar-refractivity contribution in [1.29, 1.82) is 0 Å². The van der Waals surface area contributed by atoms with E-state index in [4.69, 9.17) is 9.47 Å². The summed E-state index contributed by atoms with van der Waals surface area (Å²) in [4.78, 5) is 0. The summed E-state index contributed by atoms with van der Waals surface area (Å²) in [6.07, 6.45) is 2.03. The van der Waals surface area contributed by atoms with E-state index in [-0.39, 0.29) is 6.79 Å². The topological polar surface area (TPSA) is 18.5 Å². The van der Waals surface area contributed by atoms with Gasteiger partial charge in [-0.2, -0.15) is 0 Å². The number of aryl methyl sites for hydroxylation is 2. The van der Waals surface area contributed by atoms with E-state index >= 15 is 0 Å². The van der Waals surface area contributed by atoms with Gasteiger partial charge in [0.2, 0.25) is 6.79 Å². The van der Waals surface area contributed by atoms with E-state index in [9.17, 15) is 0 Å². The second-order valence-corrected chi connectivity index (χ2v) is 6.93. The smallest absolute Gasteiger partial charge is 0.230 e. The maximum absolute atomic E-state index is 5.66. The minimum absolute atomic E-state index is 0.205. The molecular weight excluding hydrogens is 356 g/mol. The SMILES string of the molecule is c1ccc(OCOc2ccc(CCc3ccc(-c4ccccc4)cc3)cc2)cc1. The molecule has 0 fully saturated rings. The molecule has 0 atom stereocenters. The second-order valence-electron chi connectivity index (χ2n) is 6.93. The van der Waals surface area contributed by atoms with Gasteiger partial charge in [0.1, 0.15) is 11.5 Å². The van der Waals surface area contributed by atoms with E-state index < -0.39 is 0 Å². The maximum atomic E-state index is 5.66. The Labute approximate surface area is 172 Å². The summed E-state index contributed by atoms with van der Waals surface area (Å²) in [5.74, 6) is 1.62. The second kappa shape index (κ2) is 9.61. The predicted molar refractivity (Wildman–Crippen MR) is 118 cm³/mol. The molecule has 0 aliphatic heterocycles. The van der Waals surface area contributed by atoms with Crippen molar-refractivity contribution in [1.82, 2.24) is 0 Å². The normalized spacial score (nSPS) is 10.5. The molecule has 2 heteroatoms. The van der Waals surface area contributed by atoms with Gasteiger partial charge in [-0.3, -0.25) is 0 Å². The number of ether oxygens (including phenoxy) is 2. The lowest BCUT2D eigenvalue weighted by Crippen LogP contribution is -2.05. The first kappa shape index (κ1) is 18.8. The van der Waals surface area contributed by atoms with Crippen molar-refractivity contribution in [3.63, 3.8) is 0 Å². The average Bonchev–Trinajstić information content (AvgIpc) is 2.80. The lowest BCUT2D eigenvalue weighted by molar-refractivity contribution is 0.120. The highest BCUT2D eigenvalue weighted by atomic mass is 16.7. The molecule has 144 valence electrons. The zero-order valence-electron chi connectivity index (χ0n) is 16.3. The fraction of sp³-hybridized carbons (Fsp3) is 0.111. The number of rotatable bonds is 8. The van der Waals surface area contributed by atoms with Crippen molar-refractivity contribution in [2.75, 3.05) is 6.79 Å². The van der Waals surface area contributed by atoms with Gasteiger partial charge in [-0.05, 0) is 59.4 Å². The Hall–Kier alpha value is -3.52. The van der Waals surface area contributed by atoms with Crippen LogP contribution in [-0.2, 0) is 12.8 Å². The van der Waals surface area contributed by atoms with Crippen LogP contribution in [0.4, 0.5) is 0 Å². The van der Waals surface area contributed by atoms with Gasteiger partial charge in [0.05, 0.1) is 0 Å². The van der Waals surface area contributed by atoms with E-state index in [2.05, 4.69) is 60.7 Å². The molecule has 29 heavy (non-hydrogen) atoms. The fourth-order valence-electron chi connectivity index (χ4n) is 3.22. The number of hydrogen-bond donors (Lipinski definition) is 0. The molecule has 0 N–H and O–H groups in total. The lowest BCUT2D eigenvalue weighted by atomic mass is 10.0. The summed E-state index contributed by atoms with van der Waals surface area (Å²) in [6.45, 7) is 0.205. The van der Waals surface area contributed by atoms with Crippen molar-refractivity contribution < 1.29 is 9.47 Å². The summed E-state index contributed by atoms with van der Waals surface area (Å²) in [5, 5.41) is 0. The number of para-hydroxylation sites is 1. The molecule has 0 unspecified atom stereocenters. The molecule has 0 aromatic heterocycles. The molecule has 0 spiro atoms. The molecule has 0 aliphatic rings. The van der Waals surface area contributed by atoms with Crippen LogP contribution in [0.25, 0.3) is 11.1 Å². The van der Waals surface area contributed by atoms with E-state index in [1.54, 1.807) is 0 Å². The third kappa shape index (κ3) is 5.49. The first-order valence-corrected chi connectivity index (χ1v) is 9.91. The molecule has 0 radical (unpaired) electrons. The van der Waals surface area contributed by atoms with Gasteiger partial charge < -0.3 is 9.47 Å². The third-order valence-corrected chi connectivity index (χ3v) is 4.88. The van der Waals surface area contributed by atoms with Gasteiger partial charge in [0.25, 0.3) is 0 Å². The van der Waals surface area contributed by atoms with Gasteiger partial charge in [-0.25, -0.2) is 0 Å². The highest BCUT2D eigenvalue weighted by Gasteiger charge is 2.00. The van der Waals surface area contributed by atoms with Crippen molar-refractivity contribution in [2.45, 2.75) is 12.8 Å². The summed E-state index contributed by atoms with van der Waals surface area (Å²) in [6, 6.07) is 37.3. The van der Waals surface area contributed by atoms with Gasteiger partial charge in [-0.1, -0.05) is 84.9 Å². The number of hydrogen-bond acceptors (Lipinski definition) is 2. The molecule has 4 aromatic carbocycles. The van der Waals surface area contributed by atoms with Crippen LogP contribution in [0.1, 0.15) is 11.1 Å².